The Balaban J connectivity index is 1.88. The number of benzene rings is 2. The minimum Gasteiger partial charge on any atom is -0.344 e. The second-order valence-electron chi connectivity index (χ2n) is 7.15. The molecule has 0 saturated heterocycles. The van der Waals surface area contributed by atoms with Gasteiger partial charge in [-0.15, -0.1) is 0 Å². The van der Waals surface area contributed by atoms with Crippen LogP contribution in [0.3, 0.4) is 0 Å². The summed E-state index contributed by atoms with van der Waals surface area (Å²) >= 11 is 1.61. The molecular weight excluding hydrogens is 366 g/mol. The van der Waals surface area contributed by atoms with E-state index in [1.807, 2.05) is 72.6 Å². The molecule has 0 atom stereocenters. The monoisotopic (exact) mass is 389 g/mol. The van der Waals surface area contributed by atoms with Crippen LogP contribution in [0.2, 0.25) is 0 Å². The van der Waals surface area contributed by atoms with Crippen LogP contribution in [0, 0.1) is 0 Å². The van der Waals surface area contributed by atoms with Crippen molar-refractivity contribution < 1.29 is 0 Å². The van der Waals surface area contributed by atoms with Gasteiger partial charge in [-0.25, -0.2) is 4.98 Å². The van der Waals surface area contributed by atoms with Gasteiger partial charge in [0, 0.05) is 30.6 Å². The van der Waals surface area contributed by atoms with Crippen LogP contribution in [0.1, 0.15) is 25.5 Å². The average Bonchev–Trinajstić information content (AvgIpc) is 3.04. The first-order valence-electron chi connectivity index (χ1n) is 9.40. The van der Waals surface area contributed by atoms with Crippen molar-refractivity contribution in [3.8, 4) is 11.1 Å². The standard InChI is InChI=1S/C23H23N3OS/c1-16(2)26-22(27)21-20(19(14-25(21)3)18-12-8-5-9-13-18)24-23(26)28-15-17-10-6-4-7-11-17/h4-14,16H,15H2,1-3H3. The van der Waals surface area contributed by atoms with Crippen molar-refractivity contribution in [3.05, 3.63) is 82.8 Å². The Morgan fingerprint density at radius 2 is 1.64 bits per heavy atom. The van der Waals surface area contributed by atoms with Gasteiger partial charge in [0.05, 0.1) is 0 Å². The van der Waals surface area contributed by atoms with Crippen molar-refractivity contribution in [2.45, 2.75) is 30.8 Å². The van der Waals surface area contributed by atoms with Crippen molar-refractivity contribution in [2.24, 2.45) is 7.05 Å². The molecule has 2 heterocycles. The molecule has 2 aromatic carbocycles. The number of aromatic nitrogens is 3. The average molecular weight is 390 g/mol. The van der Waals surface area contributed by atoms with Gasteiger partial charge in [-0.05, 0) is 25.0 Å². The smallest absolute Gasteiger partial charge is 0.278 e. The summed E-state index contributed by atoms with van der Waals surface area (Å²) in [6.07, 6.45) is 2.00. The molecule has 0 spiro atoms. The second kappa shape index (κ2) is 7.68. The van der Waals surface area contributed by atoms with Crippen LogP contribution in [0.15, 0.2) is 76.8 Å². The van der Waals surface area contributed by atoms with Crippen molar-refractivity contribution in [2.75, 3.05) is 0 Å². The van der Waals surface area contributed by atoms with Crippen LogP contribution in [-0.2, 0) is 12.8 Å². The Bertz CT molecular complexity index is 1160. The lowest BCUT2D eigenvalue weighted by atomic mass is 10.1. The number of nitrogens with zero attached hydrogens (tertiary/aromatic N) is 3. The van der Waals surface area contributed by atoms with Gasteiger partial charge in [0.25, 0.3) is 5.56 Å². The highest BCUT2D eigenvalue weighted by Gasteiger charge is 2.20. The molecule has 4 rings (SSSR count). The molecule has 142 valence electrons. The third kappa shape index (κ3) is 3.38. The van der Waals surface area contributed by atoms with Crippen LogP contribution < -0.4 is 5.56 Å². The highest BCUT2D eigenvalue weighted by molar-refractivity contribution is 7.98. The second-order valence-corrected chi connectivity index (χ2v) is 8.10. The summed E-state index contributed by atoms with van der Waals surface area (Å²) < 4.78 is 3.71. The normalized spacial score (nSPS) is 11.4. The van der Waals surface area contributed by atoms with Crippen molar-refractivity contribution >= 4 is 22.8 Å². The van der Waals surface area contributed by atoms with Gasteiger partial charge >= 0.3 is 0 Å². The number of hydrogen-bond acceptors (Lipinski definition) is 3. The van der Waals surface area contributed by atoms with E-state index in [4.69, 9.17) is 4.98 Å². The molecule has 0 aliphatic rings. The molecule has 4 nitrogen and oxygen atoms in total. The summed E-state index contributed by atoms with van der Waals surface area (Å²) in [7, 11) is 1.92. The highest BCUT2D eigenvalue weighted by atomic mass is 32.2. The van der Waals surface area contributed by atoms with Crippen LogP contribution >= 0.6 is 11.8 Å². The van der Waals surface area contributed by atoms with E-state index in [0.29, 0.717) is 5.52 Å². The van der Waals surface area contributed by atoms with E-state index in [1.165, 1.54) is 5.56 Å². The molecule has 0 aliphatic heterocycles. The van der Waals surface area contributed by atoms with Crippen molar-refractivity contribution in [1.82, 2.24) is 14.1 Å². The molecule has 0 fully saturated rings. The van der Waals surface area contributed by atoms with E-state index < -0.39 is 0 Å². The van der Waals surface area contributed by atoms with E-state index in [0.717, 1.165) is 27.6 Å². The summed E-state index contributed by atoms with van der Waals surface area (Å²) in [6, 6.07) is 20.4. The third-order valence-electron chi connectivity index (χ3n) is 4.80. The Labute approximate surface area is 168 Å². The fraction of sp³-hybridized carbons (Fsp3) is 0.217. The molecular formula is C23H23N3OS. The van der Waals surface area contributed by atoms with Gasteiger partial charge < -0.3 is 4.57 Å². The van der Waals surface area contributed by atoms with Crippen LogP contribution in [0.5, 0.6) is 0 Å². The van der Waals surface area contributed by atoms with Crippen LogP contribution in [-0.4, -0.2) is 14.1 Å². The lowest BCUT2D eigenvalue weighted by Gasteiger charge is -2.16. The predicted octanol–water partition coefficient (Wildman–Crippen LogP) is 5.28. The zero-order chi connectivity index (χ0) is 19.7. The van der Waals surface area contributed by atoms with Crippen molar-refractivity contribution in [1.29, 1.82) is 0 Å². The quantitative estimate of drug-likeness (QED) is 0.345. The van der Waals surface area contributed by atoms with Crippen LogP contribution in [0.4, 0.5) is 0 Å². The van der Waals surface area contributed by atoms with Crippen LogP contribution in [0.25, 0.3) is 22.2 Å². The molecule has 0 bridgehead atoms. The first-order valence-corrected chi connectivity index (χ1v) is 10.4. The maximum absolute atomic E-state index is 13.4. The maximum atomic E-state index is 13.4. The molecule has 0 N–H and O–H groups in total. The lowest BCUT2D eigenvalue weighted by molar-refractivity contribution is 0.517. The summed E-state index contributed by atoms with van der Waals surface area (Å²) in [4.78, 5) is 18.3. The van der Waals surface area contributed by atoms with Gasteiger partial charge in [-0.1, -0.05) is 72.4 Å². The minimum absolute atomic E-state index is 0.0141. The van der Waals surface area contributed by atoms with E-state index >= 15 is 0 Å². The SMILES string of the molecule is CC(C)n1c(SCc2ccccc2)nc2c(-c3ccccc3)cn(C)c2c1=O. The van der Waals surface area contributed by atoms with E-state index in [1.54, 1.807) is 11.8 Å². The minimum atomic E-state index is 0.0141. The Morgan fingerprint density at radius 1 is 1.00 bits per heavy atom. The fourth-order valence-electron chi connectivity index (χ4n) is 3.44. The topological polar surface area (TPSA) is 39.8 Å². The lowest BCUT2D eigenvalue weighted by Crippen LogP contribution is -2.26. The van der Waals surface area contributed by atoms with Gasteiger partial charge in [0.2, 0.25) is 0 Å². The molecule has 0 unspecified atom stereocenters. The molecule has 0 radical (unpaired) electrons. The number of fused-ring (bicyclic) bond motifs is 1. The van der Waals surface area contributed by atoms with E-state index in [2.05, 4.69) is 24.3 Å². The third-order valence-corrected chi connectivity index (χ3v) is 5.83. The number of rotatable bonds is 5. The van der Waals surface area contributed by atoms with Gasteiger partial charge in [0.1, 0.15) is 11.0 Å². The maximum Gasteiger partial charge on any atom is 0.278 e. The van der Waals surface area contributed by atoms with Gasteiger partial charge in [0.15, 0.2) is 5.16 Å². The summed E-state index contributed by atoms with van der Waals surface area (Å²) in [5.74, 6) is 0.777. The summed E-state index contributed by atoms with van der Waals surface area (Å²) in [5, 5.41) is 0.764. The van der Waals surface area contributed by atoms with Crippen molar-refractivity contribution in [3.63, 3.8) is 0 Å². The number of thioether (sulfide) groups is 1. The molecule has 0 saturated carbocycles. The zero-order valence-electron chi connectivity index (χ0n) is 16.3. The van der Waals surface area contributed by atoms with E-state index in [9.17, 15) is 4.79 Å². The zero-order valence-corrected chi connectivity index (χ0v) is 17.1. The molecule has 2 aromatic heterocycles. The Kier molecular flexibility index (Phi) is 5.09. The molecule has 0 aliphatic carbocycles. The largest absolute Gasteiger partial charge is 0.344 e. The molecule has 5 heteroatoms. The Hall–Kier alpha value is -2.79. The first kappa shape index (κ1) is 18.6. The molecule has 0 amide bonds. The van der Waals surface area contributed by atoms with E-state index in [-0.39, 0.29) is 11.6 Å². The first-order chi connectivity index (χ1) is 13.6. The number of aryl methyl sites for hydroxylation is 1. The predicted molar refractivity (Wildman–Crippen MR) is 117 cm³/mol. The summed E-state index contributed by atoms with van der Waals surface area (Å²) in [6.45, 7) is 4.06. The fourth-order valence-corrected chi connectivity index (χ4v) is 4.51. The molecule has 28 heavy (non-hydrogen) atoms. The Morgan fingerprint density at radius 3 is 2.29 bits per heavy atom. The van der Waals surface area contributed by atoms with Gasteiger partial charge in [-0.3, -0.25) is 9.36 Å². The van der Waals surface area contributed by atoms with Gasteiger partial charge in [-0.2, -0.15) is 0 Å². The summed E-state index contributed by atoms with van der Waals surface area (Å²) in [5.41, 5.74) is 4.71. The number of hydrogen-bond donors (Lipinski definition) is 0. The highest BCUT2D eigenvalue weighted by Crippen LogP contribution is 2.30. The molecule has 4 aromatic rings.